The van der Waals surface area contributed by atoms with Crippen LogP contribution in [0.4, 0.5) is 0 Å². The summed E-state index contributed by atoms with van der Waals surface area (Å²) < 4.78 is 15.3. The van der Waals surface area contributed by atoms with E-state index >= 15 is 0 Å². The van der Waals surface area contributed by atoms with Gasteiger partial charge in [0.05, 0.1) is 0 Å². The second-order valence-corrected chi connectivity index (χ2v) is 4.46. The largest absolute Gasteiger partial charge is 0.454 e. The molecule has 1 aliphatic heterocycles. The molecule has 0 spiro atoms. The van der Waals surface area contributed by atoms with Crippen LogP contribution in [0.1, 0.15) is 11.1 Å². The molecular formula is C15H10N2O3. The quantitative estimate of drug-likeness (QED) is 0.667. The van der Waals surface area contributed by atoms with Crippen molar-refractivity contribution in [3.8, 4) is 11.5 Å². The van der Waals surface area contributed by atoms with Crippen molar-refractivity contribution in [2.24, 2.45) is 0 Å². The fourth-order valence-corrected chi connectivity index (χ4v) is 2.11. The number of hydrogen-bond donors (Lipinski definition) is 0. The van der Waals surface area contributed by atoms with Crippen LogP contribution < -0.4 is 9.47 Å². The topological polar surface area (TPSA) is 57.4 Å². The van der Waals surface area contributed by atoms with Crippen LogP contribution >= 0.6 is 0 Å². The third kappa shape index (κ3) is 1.89. The minimum atomic E-state index is 0.290. The van der Waals surface area contributed by atoms with Gasteiger partial charge in [-0.15, -0.1) is 0 Å². The Morgan fingerprint density at radius 1 is 0.800 bits per heavy atom. The third-order valence-electron chi connectivity index (χ3n) is 3.14. The van der Waals surface area contributed by atoms with Crippen molar-refractivity contribution in [1.29, 1.82) is 0 Å². The number of aromatic nitrogens is 2. The molecule has 0 saturated carbocycles. The molecule has 20 heavy (non-hydrogen) atoms. The predicted octanol–water partition coefficient (Wildman–Crippen LogP) is 3.12. The molecule has 0 N–H and O–H groups in total. The Bertz CT molecular complexity index is 808. The molecule has 98 valence electrons. The number of nitrogens with zero attached hydrogens (tertiary/aromatic N) is 2. The monoisotopic (exact) mass is 266 g/mol. The van der Waals surface area contributed by atoms with Crippen LogP contribution in [0.2, 0.25) is 0 Å². The van der Waals surface area contributed by atoms with Gasteiger partial charge in [-0.3, -0.25) is 0 Å². The van der Waals surface area contributed by atoms with Crippen LogP contribution in [0, 0.1) is 0 Å². The molecule has 1 aliphatic rings. The molecule has 0 amide bonds. The molecule has 0 bridgehead atoms. The van der Waals surface area contributed by atoms with Gasteiger partial charge in [0.2, 0.25) is 6.79 Å². The maximum Gasteiger partial charge on any atom is 0.231 e. The number of hydrogen-bond acceptors (Lipinski definition) is 5. The van der Waals surface area contributed by atoms with Crippen molar-refractivity contribution in [2.75, 3.05) is 6.79 Å². The van der Waals surface area contributed by atoms with Crippen LogP contribution in [0.15, 0.2) is 41.0 Å². The van der Waals surface area contributed by atoms with Gasteiger partial charge >= 0.3 is 0 Å². The SMILES string of the molecule is C(=C\c1ccc2nonc2c1)/c1ccc2c(c1)OCO2. The van der Waals surface area contributed by atoms with Crippen molar-refractivity contribution in [1.82, 2.24) is 10.3 Å². The van der Waals surface area contributed by atoms with Gasteiger partial charge in [0.15, 0.2) is 11.5 Å². The molecule has 2 aromatic carbocycles. The van der Waals surface area contributed by atoms with E-state index in [1.807, 2.05) is 48.6 Å². The molecule has 0 radical (unpaired) electrons. The first-order chi connectivity index (χ1) is 9.88. The first-order valence-corrected chi connectivity index (χ1v) is 6.18. The summed E-state index contributed by atoms with van der Waals surface area (Å²) in [5.41, 5.74) is 3.58. The molecule has 1 aromatic heterocycles. The summed E-state index contributed by atoms with van der Waals surface area (Å²) in [4.78, 5) is 0. The Balaban J connectivity index is 1.64. The Kier molecular flexibility index (Phi) is 2.42. The highest BCUT2D eigenvalue weighted by Gasteiger charge is 2.12. The molecule has 4 rings (SSSR count). The molecule has 5 nitrogen and oxygen atoms in total. The summed E-state index contributed by atoms with van der Waals surface area (Å²) >= 11 is 0. The number of benzene rings is 2. The van der Waals surface area contributed by atoms with E-state index in [1.54, 1.807) is 0 Å². The highest BCUT2D eigenvalue weighted by molar-refractivity contribution is 5.79. The second kappa shape index (κ2) is 4.38. The normalized spacial score (nSPS) is 13.4. The van der Waals surface area contributed by atoms with Gasteiger partial charge in [-0.25, -0.2) is 4.63 Å². The highest BCUT2D eigenvalue weighted by atomic mass is 16.7. The van der Waals surface area contributed by atoms with Gasteiger partial charge in [0.1, 0.15) is 11.0 Å². The first-order valence-electron chi connectivity index (χ1n) is 6.18. The zero-order chi connectivity index (χ0) is 13.4. The molecular weight excluding hydrogens is 256 g/mol. The highest BCUT2D eigenvalue weighted by Crippen LogP contribution is 2.33. The molecule has 5 heteroatoms. The zero-order valence-electron chi connectivity index (χ0n) is 10.4. The van der Waals surface area contributed by atoms with Crippen LogP contribution in [0.25, 0.3) is 23.2 Å². The number of rotatable bonds is 2. The smallest absolute Gasteiger partial charge is 0.231 e. The maximum atomic E-state index is 5.35. The minimum absolute atomic E-state index is 0.290. The standard InChI is InChI=1S/C15H10N2O3/c1(10-3-5-12-13(7-10)17-20-16-12)2-11-4-6-14-15(8-11)19-9-18-14/h1-8H,9H2/b2-1+. The van der Waals surface area contributed by atoms with Crippen molar-refractivity contribution in [3.63, 3.8) is 0 Å². The maximum absolute atomic E-state index is 5.35. The summed E-state index contributed by atoms with van der Waals surface area (Å²) in [7, 11) is 0. The fourth-order valence-electron chi connectivity index (χ4n) is 2.11. The number of fused-ring (bicyclic) bond motifs is 2. The van der Waals surface area contributed by atoms with Gasteiger partial charge in [0.25, 0.3) is 0 Å². The van der Waals surface area contributed by atoms with Crippen molar-refractivity contribution >= 4 is 23.2 Å². The van der Waals surface area contributed by atoms with E-state index in [-0.39, 0.29) is 0 Å². The van der Waals surface area contributed by atoms with Crippen LogP contribution in [-0.2, 0) is 0 Å². The van der Waals surface area contributed by atoms with Crippen LogP contribution in [-0.4, -0.2) is 17.1 Å². The van der Waals surface area contributed by atoms with E-state index in [2.05, 4.69) is 14.9 Å². The molecule has 3 aromatic rings. The van der Waals surface area contributed by atoms with Gasteiger partial charge in [-0.2, -0.15) is 0 Å². The molecule has 0 unspecified atom stereocenters. The molecule has 0 saturated heterocycles. The third-order valence-corrected chi connectivity index (χ3v) is 3.14. The van der Waals surface area contributed by atoms with Crippen LogP contribution in [0.5, 0.6) is 11.5 Å². The Morgan fingerprint density at radius 2 is 1.55 bits per heavy atom. The fraction of sp³-hybridized carbons (Fsp3) is 0.0667. The van der Waals surface area contributed by atoms with Gasteiger partial charge < -0.3 is 9.47 Å². The predicted molar refractivity (Wildman–Crippen MR) is 73.3 cm³/mol. The average Bonchev–Trinajstić information content (AvgIpc) is 3.12. The van der Waals surface area contributed by atoms with E-state index in [1.165, 1.54) is 0 Å². The zero-order valence-corrected chi connectivity index (χ0v) is 10.4. The average molecular weight is 266 g/mol. The Hall–Kier alpha value is -2.82. The summed E-state index contributed by atoms with van der Waals surface area (Å²) in [6.45, 7) is 0.290. The summed E-state index contributed by atoms with van der Waals surface area (Å²) in [5.74, 6) is 1.57. The minimum Gasteiger partial charge on any atom is -0.454 e. The van der Waals surface area contributed by atoms with Gasteiger partial charge in [0, 0.05) is 0 Å². The van der Waals surface area contributed by atoms with E-state index in [0.29, 0.717) is 6.79 Å². The molecule has 2 heterocycles. The van der Waals surface area contributed by atoms with Crippen molar-refractivity contribution in [3.05, 3.63) is 47.5 Å². The van der Waals surface area contributed by atoms with Crippen LogP contribution in [0.3, 0.4) is 0 Å². The summed E-state index contributed by atoms with van der Waals surface area (Å²) in [6.07, 6.45) is 4.02. The lowest BCUT2D eigenvalue weighted by atomic mass is 10.1. The molecule has 0 atom stereocenters. The van der Waals surface area contributed by atoms with E-state index in [0.717, 1.165) is 33.7 Å². The first kappa shape index (κ1) is 11.0. The second-order valence-electron chi connectivity index (χ2n) is 4.46. The Labute approximate surface area is 114 Å². The van der Waals surface area contributed by atoms with E-state index in [9.17, 15) is 0 Å². The number of ether oxygens (including phenoxy) is 2. The lowest BCUT2D eigenvalue weighted by Gasteiger charge is -1.98. The van der Waals surface area contributed by atoms with Crippen molar-refractivity contribution in [2.45, 2.75) is 0 Å². The lowest BCUT2D eigenvalue weighted by Crippen LogP contribution is -1.92. The Morgan fingerprint density at radius 3 is 2.50 bits per heavy atom. The summed E-state index contributed by atoms with van der Waals surface area (Å²) in [6, 6.07) is 11.6. The van der Waals surface area contributed by atoms with E-state index in [4.69, 9.17) is 9.47 Å². The molecule has 0 fully saturated rings. The lowest BCUT2D eigenvalue weighted by molar-refractivity contribution is 0.174. The van der Waals surface area contributed by atoms with Gasteiger partial charge in [-0.05, 0) is 45.7 Å². The van der Waals surface area contributed by atoms with E-state index < -0.39 is 0 Å². The molecule has 0 aliphatic carbocycles. The summed E-state index contributed by atoms with van der Waals surface area (Å²) in [5, 5.41) is 7.60. The van der Waals surface area contributed by atoms with Crippen molar-refractivity contribution < 1.29 is 14.1 Å². The van der Waals surface area contributed by atoms with Gasteiger partial charge in [-0.1, -0.05) is 24.3 Å².